The quantitative estimate of drug-likeness (QED) is 0.883. The van der Waals surface area contributed by atoms with E-state index in [1.165, 1.54) is 0 Å². The third-order valence-corrected chi connectivity index (χ3v) is 3.36. The lowest BCUT2D eigenvalue weighted by atomic mass is 10.2. The Balaban J connectivity index is 2.05. The highest BCUT2D eigenvalue weighted by Crippen LogP contribution is 2.22. The van der Waals surface area contributed by atoms with Gasteiger partial charge in [0.15, 0.2) is 0 Å². The van der Waals surface area contributed by atoms with Gasteiger partial charge in [-0.2, -0.15) is 0 Å². The molecule has 1 amide bonds. The summed E-state index contributed by atoms with van der Waals surface area (Å²) in [6.07, 6.45) is 0. The summed E-state index contributed by atoms with van der Waals surface area (Å²) in [5.41, 5.74) is 1.46. The highest BCUT2D eigenvalue weighted by atomic mass is 19.1. The maximum absolute atomic E-state index is 13.5. The average molecular weight is 320 g/mol. The first-order valence-electron chi connectivity index (χ1n) is 7.08. The van der Waals surface area contributed by atoms with E-state index in [1.54, 1.807) is 26.2 Å². The fourth-order valence-corrected chi connectivity index (χ4v) is 2.12. The van der Waals surface area contributed by atoms with Crippen molar-refractivity contribution in [3.8, 4) is 5.75 Å². The predicted octanol–water partition coefficient (Wildman–Crippen LogP) is 3.72. The first-order chi connectivity index (χ1) is 10.9. The Morgan fingerprint density at radius 2 is 1.91 bits per heavy atom. The van der Waals surface area contributed by atoms with Crippen LogP contribution in [0.15, 0.2) is 36.4 Å². The van der Waals surface area contributed by atoms with E-state index in [0.29, 0.717) is 0 Å². The molecule has 0 aromatic heterocycles. The van der Waals surface area contributed by atoms with Crippen LogP contribution in [0, 0.1) is 18.6 Å². The number of anilines is 2. The number of aryl methyl sites for hydroxylation is 1. The van der Waals surface area contributed by atoms with Gasteiger partial charge in [0.25, 0.3) is 0 Å². The molecule has 0 saturated carbocycles. The van der Waals surface area contributed by atoms with Gasteiger partial charge in [0, 0.05) is 11.8 Å². The van der Waals surface area contributed by atoms with Crippen molar-refractivity contribution in [1.82, 2.24) is 0 Å². The number of benzene rings is 2. The second-order valence-electron chi connectivity index (χ2n) is 5.16. The molecule has 6 heteroatoms. The normalized spacial score (nSPS) is 11.7. The standard InChI is InChI=1S/C17H18F2N2O2/c1-10-8-13(5-7-16(10)23-3)20-11(2)17(22)21-15-9-12(18)4-6-14(15)19/h4-9,11,20H,1-3H3,(H,21,22). The molecule has 1 atom stereocenters. The Labute approximate surface area is 133 Å². The van der Waals surface area contributed by atoms with Gasteiger partial charge in [0.1, 0.15) is 23.4 Å². The Morgan fingerprint density at radius 3 is 2.57 bits per heavy atom. The van der Waals surface area contributed by atoms with Crippen LogP contribution in [0.2, 0.25) is 0 Å². The van der Waals surface area contributed by atoms with Crippen molar-refractivity contribution in [3.63, 3.8) is 0 Å². The molecule has 122 valence electrons. The second-order valence-corrected chi connectivity index (χ2v) is 5.16. The molecule has 2 aromatic rings. The molecule has 2 rings (SSSR count). The number of hydrogen-bond donors (Lipinski definition) is 2. The fraction of sp³-hybridized carbons (Fsp3) is 0.235. The zero-order valence-corrected chi connectivity index (χ0v) is 13.1. The first kappa shape index (κ1) is 16.7. The Morgan fingerprint density at radius 1 is 1.17 bits per heavy atom. The number of methoxy groups -OCH3 is 1. The van der Waals surface area contributed by atoms with E-state index in [1.807, 2.05) is 13.0 Å². The molecule has 0 saturated heterocycles. The Hall–Kier alpha value is -2.63. The van der Waals surface area contributed by atoms with Crippen molar-refractivity contribution in [2.24, 2.45) is 0 Å². The third kappa shape index (κ3) is 4.18. The van der Waals surface area contributed by atoms with Crippen molar-refractivity contribution < 1.29 is 18.3 Å². The summed E-state index contributed by atoms with van der Waals surface area (Å²) in [5, 5.41) is 5.37. The lowest BCUT2D eigenvalue weighted by Gasteiger charge is -2.16. The van der Waals surface area contributed by atoms with E-state index in [0.717, 1.165) is 35.2 Å². The van der Waals surface area contributed by atoms with E-state index in [2.05, 4.69) is 10.6 Å². The van der Waals surface area contributed by atoms with Crippen LogP contribution < -0.4 is 15.4 Å². The van der Waals surface area contributed by atoms with Crippen LogP contribution in [-0.4, -0.2) is 19.1 Å². The highest BCUT2D eigenvalue weighted by molar-refractivity contribution is 5.96. The van der Waals surface area contributed by atoms with Gasteiger partial charge in [-0.1, -0.05) is 0 Å². The Bertz CT molecular complexity index is 720. The van der Waals surface area contributed by atoms with Gasteiger partial charge < -0.3 is 15.4 Å². The van der Waals surface area contributed by atoms with Crippen LogP contribution >= 0.6 is 0 Å². The summed E-state index contributed by atoms with van der Waals surface area (Å²) in [5.74, 6) is -1.03. The number of nitrogens with one attached hydrogen (secondary N) is 2. The molecule has 0 fully saturated rings. The molecule has 0 spiro atoms. The van der Waals surface area contributed by atoms with E-state index >= 15 is 0 Å². The van der Waals surface area contributed by atoms with Crippen molar-refractivity contribution in [1.29, 1.82) is 0 Å². The van der Waals surface area contributed by atoms with Gasteiger partial charge >= 0.3 is 0 Å². The van der Waals surface area contributed by atoms with Crippen LogP contribution in [0.1, 0.15) is 12.5 Å². The molecule has 1 unspecified atom stereocenters. The van der Waals surface area contributed by atoms with Gasteiger partial charge in [-0.05, 0) is 49.7 Å². The van der Waals surface area contributed by atoms with Crippen molar-refractivity contribution in [2.45, 2.75) is 19.9 Å². The van der Waals surface area contributed by atoms with Crippen molar-refractivity contribution in [2.75, 3.05) is 17.7 Å². The molecule has 23 heavy (non-hydrogen) atoms. The SMILES string of the molecule is COc1ccc(NC(C)C(=O)Nc2cc(F)ccc2F)cc1C. The number of halogens is 2. The molecule has 0 aliphatic heterocycles. The summed E-state index contributed by atoms with van der Waals surface area (Å²) in [6.45, 7) is 3.52. The summed E-state index contributed by atoms with van der Waals surface area (Å²) in [6, 6.07) is 7.67. The number of hydrogen-bond acceptors (Lipinski definition) is 3. The summed E-state index contributed by atoms with van der Waals surface area (Å²) in [4.78, 5) is 12.1. The van der Waals surface area contributed by atoms with E-state index < -0.39 is 23.6 Å². The summed E-state index contributed by atoms with van der Waals surface area (Å²) < 4.78 is 31.8. The molecule has 2 aromatic carbocycles. The maximum Gasteiger partial charge on any atom is 0.246 e. The molecule has 0 heterocycles. The molecule has 0 aliphatic carbocycles. The first-order valence-corrected chi connectivity index (χ1v) is 7.08. The minimum atomic E-state index is -0.688. The average Bonchev–Trinajstić information content (AvgIpc) is 2.51. The Kier molecular flexibility index (Phi) is 5.16. The summed E-state index contributed by atoms with van der Waals surface area (Å²) >= 11 is 0. The molecule has 2 N–H and O–H groups in total. The van der Waals surface area contributed by atoms with Gasteiger partial charge in [0.2, 0.25) is 5.91 Å². The fourth-order valence-electron chi connectivity index (χ4n) is 2.12. The lowest BCUT2D eigenvalue weighted by molar-refractivity contribution is -0.116. The second kappa shape index (κ2) is 7.09. The van der Waals surface area contributed by atoms with E-state index in [-0.39, 0.29) is 5.69 Å². The predicted molar refractivity (Wildman–Crippen MR) is 85.8 cm³/mol. The molecule has 0 radical (unpaired) electrons. The van der Waals surface area contributed by atoms with Crippen molar-refractivity contribution in [3.05, 3.63) is 53.6 Å². The molecular formula is C17H18F2N2O2. The van der Waals surface area contributed by atoms with E-state index in [9.17, 15) is 13.6 Å². The summed E-state index contributed by atoms with van der Waals surface area (Å²) in [7, 11) is 1.58. The van der Waals surface area contributed by atoms with Crippen LogP contribution in [0.4, 0.5) is 20.2 Å². The smallest absolute Gasteiger partial charge is 0.246 e. The third-order valence-electron chi connectivity index (χ3n) is 3.36. The minimum Gasteiger partial charge on any atom is -0.496 e. The van der Waals surface area contributed by atoms with Crippen LogP contribution in [0.25, 0.3) is 0 Å². The van der Waals surface area contributed by atoms with Gasteiger partial charge in [-0.25, -0.2) is 8.78 Å². The molecule has 4 nitrogen and oxygen atoms in total. The zero-order chi connectivity index (χ0) is 17.0. The van der Waals surface area contributed by atoms with Gasteiger partial charge in [-0.15, -0.1) is 0 Å². The monoisotopic (exact) mass is 320 g/mol. The highest BCUT2D eigenvalue weighted by Gasteiger charge is 2.15. The zero-order valence-electron chi connectivity index (χ0n) is 13.1. The number of carbonyl (C=O) groups is 1. The van der Waals surface area contributed by atoms with E-state index in [4.69, 9.17) is 4.74 Å². The number of carbonyl (C=O) groups excluding carboxylic acids is 1. The van der Waals surface area contributed by atoms with Crippen LogP contribution in [0.5, 0.6) is 5.75 Å². The van der Waals surface area contributed by atoms with Crippen LogP contribution in [0.3, 0.4) is 0 Å². The number of amides is 1. The molecule has 0 bridgehead atoms. The number of rotatable bonds is 5. The largest absolute Gasteiger partial charge is 0.496 e. The topological polar surface area (TPSA) is 50.4 Å². The molecular weight excluding hydrogens is 302 g/mol. The van der Waals surface area contributed by atoms with Gasteiger partial charge in [0.05, 0.1) is 12.8 Å². The lowest BCUT2D eigenvalue weighted by Crippen LogP contribution is -2.32. The molecule has 0 aliphatic rings. The minimum absolute atomic E-state index is 0.186. The van der Waals surface area contributed by atoms with Crippen molar-refractivity contribution >= 4 is 17.3 Å². The van der Waals surface area contributed by atoms with Gasteiger partial charge in [-0.3, -0.25) is 4.79 Å². The number of ether oxygens (including phenoxy) is 1. The van der Waals surface area contributed by atoms with Crippen LogP contribution in [-0.2, 0) is 4.79 Å². The maximum atomic E-state index is 13.5.